The summed E-state index contributed by atoms with van der Waals surface area (Å²) < 4.78 is 0. The third-order valence-electron chi connectivity index (χ3n) is 1.23. The zero-order valence-corrected chi connectivity index (χ0v) is 6.65. The summed E-state index contributed by atoms with van der Waals surface area (Å²) in [6.45, 7) is 11.1. The Labute approximate surface area is 62.4 Å². The molecule has 10 heavy (non-hydrogen) atoms. The van der Waals surface area contributed by atoms with Gasteiger partial charge in [-0.05, 0) is 25.0 Å². The normalized spacial score (nSPS) is 11.2. The van der Waals surface area contributed by atoms with E-state index in [0.29, 0.717) is 5.57 Å². The van der Waals surface area contributed by atoms with E-state index in [1.807, 2.05) is 6.92 Å². The number of rotatable bonds is 3. The molecule has 0 aliphatic carbocycles. The molecule has 0 saturated heterocycles. The van der Waals surface area contributed by atoms with Crippen molar-refractivity contribution in [2.45, 2.75) is 20.3 Å². The number of allylic oxidation sites excluding steroid dienone is 3. The molecule has 0 radical (unpaired) electrons. The lowest BCUT2D eigenvalue weighted by Gasteiger charge is -1.97. The summed E-state index contributed by atoms with van der Waals surface area (Å²) in [7, 11) is 0. The van der Waals surface area contributed by atoms with Crippen LogP contribution in [0.15, 0.2) is 36.1 Å². The Morgan fingerprint density at radius 1 is 1.50 bits per heavy atom. The van der Waals surface area contributed by atoms with E-state index in [2.05, 4.69) is 13.2 Å². The van der Waals surface area contributed by atoms with Gasteiger partial charge in [0, 0.05) is 0 Å². The van der Waals surface area contributed by atoms with Gasteiger partial charge in [0.05, 0.1) is 0 Å². The molecule has 0 rings (SSSR count). The fourth-order valence-corrected chi connectivity index (χ4v) is 0.419. The molecule has 0 aromatic rings. The summed E-state index contributed by atoms with van der Waals surface area (Å²) in [4.78, 5) is 0. The van der Waals surface area contributed by atoms with Crippen molar-refractivity contribution >= 4 is 0 Å². The predicted molar refractivity (Wildman–Crippen MR) is 45.0 cm³/mol. The smallest absolute Gasteiger partial charge is 0.118 e. The average molecular weight is 138 g/mol. The first-order chi connectivity index (χ1) is 4.57. The van der Waals surface area contributed by atoms with Crippen LogP contribution in [0, 0.1) is 0 Å². The van der Waals surface area contributed by atoms with Gasteiger partial charge in [-0.2, -0.15) is 0 Å². The monoisotopic (exact) mass is 138 g/mol. The van der Waals surface area contributed by atoms with E-state index in [9.17, 15) is 0 Å². The molecule has 1 heteroatoms. The van der Waals surface area contributed by atoms with Crippen molar-refractivity contribution in [3.8, 4) is 0 Å². The number of aliphatic hydroxyl groups excluding tert-OH is 1. The van der Waals surface area contributed by atoms with Gasteiger partial charge in [0.15, 0.2) is 0 Å². The van der Waals surface area contributed by atoms with Crippen molar-refractivity contribution in [2.75, 3.05) is 0 Å². The van der Waals surface area contributed by atoms with Gasteiger partial charge in [-0.3, -0.25) is 0 Å². The van der Waals surface area contributed by atoms with Crippen molar-refractivity contribution in [1.29, 1.82) is 0 Å². The van der Waals surface area contributed by atoms with Gasteiger partial charge in [-0.1, -0.05) is 25.7 Å². The zero-order chi connectivity index (χ0) is 8.15. The first-order valence-corrected chi connectivity index (χ1v) is 3.32. The maximum absolute atomic E-state index is 9.13. The minimum Gasteiger partial charge on any atom is -0.508 e. The SMILES string of the molecule is C=C(/C=C(/O)C(=C)C)CC. The second kappa shape index (κ2) is 3.94. The van der Waals surface area contributed by atoms with Crippen LogP contribution in [-0.2, 0) is 0 Å². The van der Waals surface area contributed by atoms with Crippen LogP contribution in [0.5, 0.6) is 0 Å². The van der Waals surface area contributed by atoms with E-state index in [4.69, 9.17) is 5.11 Å². The van der Waals surface area contributed by atoms with Crippen LogP contribution in [-0.4, -0.2) is 5.11 Å². The van der Waals surface area contributed by atoms with Crippen LogP contribution >= 0.6 is 0 Å². The Kier molecular flexibility index (Phi) is 3.55. The maximum Gasteiger partial charge on any atom is 0.118 e. The highest BCUT2D eigenvalue weighted by Crippen LogP contribution is 2.07. The molecule has 1 nitrogen and oxygen atoms in total. The Morgan fingerprint density at radius 3 is 2.30 bits per heavy atom. The molecule has 0 heterocycles. The first-order valence-electron chi connectivity index (χ1n) is 3.32. The van der Waals surface area contributed by atoms with E-state index in [1.54, 1.807) is 13.0 Å². The number of hydrogen-bond donors (Lipinski definition) is 1. The van der Waals surface area contributed by atoms with Crippen molar-refractivity contribution in [1.82, 2.24) is 0 Å². The minimum absolute atomic E-state index is 0.229. The summed E-state index contributed by atoms with van der Waals surface area (Å²) in [6.07, 6.45) is 2.50. The summed E-state index contributed by atoms with van der Waals surface area (Å²) in [5.41, 5.74) is 1.59. The fraction of sp³-hybridized carbons (Fsp3) is 0.333. The lowest BCUT2D eigenvalue weighted by atomic mass is 10.1. The van der Waals surface area contributed by atoms with Gasteiger partial charge in [0.1, 0.15) is 5.76 Å². The molecule has 0 bridgehead atoms. The van der Waals surface area contributed by atoms with Crippen LogP contribution in [0.1, 0.15) is 20.3 Å². The van der Waals surface area contributed by atoms with Crippen molar-refractivity contribution in [3.05, 3.63) is 36.1 Å². The standard InChI is InChI=1S/C9H14O/c1-5-8(4)6-9(10)7(2)3/h6,10H,2,4-5H2,1,3H3/b9-6+. The van der Waals surface area contributed by atoms with Gasteiger partial charge in [0.2, 0.25) is 0 Å². The highest BCUT2D eigenvalue weighted by atomic mass is 16.3. The van der Waals surface area contributed by atoms with Crippen LogP contribution in [0.4, 0.5) is 0 Å². The van der Waals surface area contributed by atoms with E-state index in [-0.39, 0.29) is 5.76 Å². The second-order valence-corrected chi connectivity index (χ2v) is 2.32. The van der Waals surface area contributed by atoms with E-state index >= 15 is 0 Å². The summed E-state index contributed by atoms with van der Waals surface area (Å²) in [6, 6.07) is 0. The number of hydrogen-bond acceptors (Lipinski definition) is 1. The molecule has 0 spiro atoms. The van der Waals surface area contributed by atoms with E-state index < -0.39 is 0 Å². The van der Waals surface area contributed by atoms with Gasteiger partial charge in [-0.15, -0.1) is 0 Å². The quantitative estimate of drug-likeness (QED) is 0.469. The van der Waals surface area contributed by atoms with Crippen LogP contribution in [0.2, 0.25) is 0 Å². The van der Waals surface area contributed by atoms with Gasteiger partial charge < -0.3 is 5.11 Å². The molecule has 0 saturated carbocycles. The van der Waals surface area contributed by atoms with Crippen molar-refractivity contribution in [2.24, 2.45) is 0 Å². The topological polar surface area (TPSA) is 20.2 Å². The molecule has 1 N–H and O–H groups in total. The number of aliphatic hydroxyl groups is 1. The molecular weight excluding hydrogens is 124 g/mol. The average Bonchev–Trinajstić information content (AvgIpc) is 1.87. The molecule has 0 fully saturated rings. The molecule has 0 atom stereocenters. The lowest BCUT2D eigenvalue weighted by molar-refractivity contribution is 0.423. The molecule has 0 unspecified atom stereocenters. The first kappa shape index (κ1) is 9.02. The maximum atomic E-state index is 9.13. The molecule has 0 amide bonds. The molecule has 0 aromatic carbocycles. The van der Waals surface area contributed by atoms with Crippen molar-refractivity contribution in [3.63, 3.8) is 0 Å². The van der Waals surface area contributed by atoms with Gasteiger partial charge in [-0.25, -0.2) is 0 Å². The summed E-state index contributed by atoms with van der Waals surface area (Å²) >= 11 is 0. The van der Waals surface area contributed by atoms with E-state index in [1.165, 1.54) is 0 Å². The van der Waals surface area contributed by atoms with Crippen LogP contribution < -0.4 is 0 Å². The molecule has 0 aliphatic heterocycles. The highest BCUT2D eigenvalue weighted by molar-refractivity contribution is 5.27. The Morgan fingerprint density at radius 2 is 2.00 bits per heavy atom. The van der Waals surface area contributed by atoms with Crippen LogP contribution in [0.25, 0.3) is 0 Å². The van der Waals surface area contributed by atoms with E-state index in [0.717, 1.165) is 12.0 Å². The zero-order valence-electron chi connectivity index (χ0n) is 6.65. The Hall–Kier alpha value is -0.980. The Balaban J connectivity index is 4.16. The third-order valence-corrected chi connectivity index (χ3v) is 1.23. The van der Waals surface area contributed by atoms with Gasteiger partial charge in [0.25, 0.3) is 0 Å². The molecular formula is C9H14O. The fourth-order valence-electron chi connectivity index (χ4n) is 0.419. The third kappa shape index (κ3) is 3.13. The molecule has 56 valence electrons. The molecule has 0 aromatic heterocycles. The lowest BCUT2D eigenvalue weighted by Crippen LogP contribution is -1.82. The largest absolute Gasteiger partial charge is 0.508 e. The summed E-state index contributed by atoms with van der Waals surface area (Å²) in [5, 5.41) is 9.13. The minimum atomic E-state index is 0.229. The Bertz CT molecular complexity index is 175. The summed E-state index contributed by atoms with van der Waals surface area (Å²) in [5.74, 6) is 0.229. The van der Waals surface area contributed by atoms with Gasteiger partial charge >= 0.3 is 0 Å². The predicted octanol–water partition coefficient (Wildman–Crippen LogP) is 2.97. The highest BCUT2D eigenvalue weighted by Gasteiger charge is 1.92. The van der Waals surface area contributed by atoms with Crippen LogP contribution in [0.3, 0.4) is 0 Å². The molecule has 0 aliphatic rings. The second-order valence-electron chi connectivity index (χ2n) is 2.32. The van der Waals surface area contributed by atoms with Crippen molar-refractivity contribution < 1.29 is 5.11 Å².